The van der Waals surface area contributed by atoms with Crippen molar-refractivity contribution >= 4 is 18.6 Å². The Balaban J connectivity index is 2.68. The molecular formula is C10H13BO4. The van der Waals surface area contributed by atoms with Gasteiger partial charge in [0, 0.05) is 0 Å². The van der Waals surface area contributed by atoms with E-state index in [1.165, 1.54) is 0 Å². The Bertz CT molecular complexity index is 334. The van der Waals surface area contributed by atoms with Crippen molar-refractivity contribution in [3.05, 3.63) is 29.8 Å². The lowest BCUT2D eigenvalue weighted by molar-refractivity contribution is -0.141. The number of carboxylic acids is 1. The second-order valence-corrected chi connectivity index (χ2v) is 3.56. The van der Waals surface area contributed by atoms with Crippen molar-refractivity contribution in [2.24, 2.45) is 5.92 Å². The Labute approximate surface area is 88.3 Å². The number of aliphatic carboxylic acids is 1. The molecule has 0 bridgehead atoms. The van der Waals surface area contributed by atoms with Gasteiger partial charge in [-0.15, -0.1) is 0 Å². The van der Waals surface area contributed by atoms with Gasteiger partial charge in [0.15, 0.2) is 0 Å². The molecule has 3 N–H and O–H groups in total. The van der Waals surface area contributed by atoms with Crippen molar-refractivity contribution in [1.82, 2.24) is 0 Å². The molecule has 0 saturated carbocycles. The lowest BCUT2D eigenvalue weighted by Gasteiger charge is -2.06. The van der Waals surface area contributed by atoms with Crippen LogP contribution >= 0.6 is 0 Å². The van der Waals surface area contributed by atoms with Crippen molar-refractivity contribution in [1.29, 1.82) is 0 Å². The van der Waals surface area contributed by atoms with E-state index in [4.69, 9.17) is 15.2 Å². The molecule has 0 amide bonds. The summed E-state index contributed by atoms with van der Waals surface area (Å²) >= 11 is 0. The minimum absolute atomic E-state index is 0.404. The van der Waals surface area contributed by atoms with Gasteiger partial charge in [-0.1, -0.05) is 31.2 Å². The summed E-state index contributed by atoms with van der Waals surface area (Å²) in [6, 6.07) is 6.56. The van der Waals surface area contributed by atoms with Gasteiger partial charge in [0.2, 0.25) is 0 Å². The van der Waals surface area contributed by atoms with Crippen molar-refractivity contribution in [2.45, 2.75) is 13.3 Å². The monoisotopic (exact) mass is 208 g/mol. The number of benzene rings is 1. The van der Waals surface area contributed by atoms with Gasteiger partial charge in [-0.05, 0) is 17.4 Å². The first-order valence-corrected chi connectivity index (χ1v) is 4.68. The van der Waals surface area contributed by atoms with Gasteiger partial charge in [0.1, 0.15) is 0 Å². The molecule has 0 aromatic heterocycles. The Kier molecular flexibility index (Phi) is 3.88. The third kappa shape index (κ3) is 3.38. The van der Waals surface area contributed by atoms with Crippen LogP contribution in [0.5, 0.6) is 0 Å². The summed E-state index contributed by atoms with van der Waals surface area (Å²) in [4.78, 5) is 10.6. The number of hydrogen-bond acceptors (Lipinski definition) is 3. The third-order valence-corrected chi connectivity index (χ3v) is 2.24. The molecule has 5 heteroatoms. The molecule has 1 atom stereocenters. The highest BCUT2D eigenvalue weighted by atomic mass is 16.4. The minimum atomic E-state index is -1.48. The fourth-order valence-corrected chi connectivity index (χ4v) is 1.27. The summed E-state index contributed by atoms with van der Waals surface area (Å²) in [6.45, 7) is 1.64. The van der Waals surface area contributed by atoms with Crippen LogP contribution in [0.25, 0.3) is 0 Å². The zero-order chi connectivity index (χ0) is 11.4. The van der Waals surface area contributed by atoms with Crippen LogP contribution in [0.2, 0.25) is 0 Å². The Morgan fingerprint density at radius 3 is 2.27 bits per heavy atom. The van der Waals surface area contributed by atoms with E-state index < -0.39 is 19.0 Å². The van der Waals surface area contributed by atoms with Gasteiger partial charge in [-0.2, -0.15) is 0 Å². The highest BCUT2D eigenvalue weighted by Crippen LogP contribution is 2.07. The number of carbonyl (C=O) groups is 1. The standard InChI is InChI=1S/C10H13BO4/c1-7(10(12)13)6-8-2-4-9(5-3-8)11(14)15/h2-5,7,14-15H,6H2,1H3,(H,12,13). The molecule has 0 aliphatic rings. The molecular weight excluding hydrogens is 195 g/mol. The molecule has 0 aliphatic heterocycles. The van der Waals surface area contributed by atoms with Crippen LogP contribution < -0.4 is 5.46 Å². The Hall–Kier alpha value is -1.33. The molecule has 0 radical (unpaired) electrons. The van der Waals surface area contributed by atoms with E-state index in [0.29, 0.717) is 11.9 Å². The average Bonchev–Trinajstić information content (AvgIpc) is 2.18. The molecule has 0 saturated heterocycles. The molecule has 1 aromatic carbocycles. The third-order valence-electron chi connectivity index (χ3n) is 2.24. The summed E-state index contributed by atoms with van der Waals surface area (Å²) in [5.74, 6) is -1.27. The summed E-state index contributed by atoms with van der Waals surface area (Å²) in [5.41, 5.74) is 1.27. The zero-order valence-electron chi connectivity index (χ0n) is 8.42. The van der Waals surface area contributed by atoms with E-state index in [-0.39, 0.29) is 0 Å². The predicted molar refractivity (Wildman–Crippen MR) is 56.8 cm³/mol. The second kappa shape index (κ2) is 4.95. The van der Waals surface area contributed by atoms with Gasteiger partial charge in [-0.25, -0.2) is 0 Å². The molecule has 1 unspecified atom stereocenters. The minimum Gasteiger partial charge on any atom is -0.481 e. The molecule has 0 fully saturated rings. The van der Waals surface area contributed by atoms with E-state index in [0.717, 1.165) is 5.56 Å². The molecule has 0 spiro atoms. The van der Waals surface area contributed by atoms with Crippen LogP contribution in [0.4, 0.5) is 0 Å². The van der Waals surface area contributed by atoms with E-state index >= 15 is 0 Å². The van der Waals surface area contributed by atoms with E-state index in [2.05, 4.69) is 0 Å². The van der Waals surface area contributed by atoms with Crippen LogP contribution in [-0.2, 0) is 11.2 Å². The van der Waals surface area contributed by atoms with Gasteiger partial charge < -0.3 is 15.2 Å². The van der Waals surface area contributed by atoms with Crippen molar-refractivity contribution in [3.8, 4) is 0 Å². The molecule has 0 aliphatic carbocycles. The van der Waals surface area contributed by atoms with Crippen molar-refractivity contribution in [3.63, 3.8) is 0 Å². The van der Waals surface area contributed by atoms with E-state index in [1.54, 1.807) is 31.2 Å². The largest absolute Gasteiger partial charge is 0.488 e. The van der Waals surface area contributed by atoms with Crippen LogP contribution in [-0.4, -0.2) is 28.2 Å². The molecule has 15 heavy (non-hydrogen) atoms. The van der Waals surface area contributed by atoms with Crippen molar-refractivity contribution < 1.29 is 19.9 Å². The van der Waals surface area contributed by atoms with Crippen LogP contribution in [0.15, 0.2) is 24.3 Å². The smallest absolute Gasteiger partial charge is 0.481 e. The lowest BCUT2D eigenvalue weighted by Crippen LogP contribution is -2.29. The lowest BCUT2D eigenvalue weighted by atomic mass is 9.80. The number of carboxylic acid groups (broad SMARTS) is 1. The highest BCUT2D eigenvalue weighted by molar-refractivity contribution is 6.58. The van der Waals surface area contributed by atoms with Gasteiger partial charge in [-0.3, -0.25) is 4.79 Å². The fourth-order valence-electron chi connectivity index (χ4n) is 1.27. The first-order chi connectivity index (χ1) is 7.00. The second-order valence-electron chi connectivity index (χ2n) is 3.56. The summed E-state index contributed by atoms with van der Waals surface area (Å²) < 4.78 is 0. The van der Waals surface area contributed by atoms with Gasteiger partial charge in [0.05, 0.1) is 5.92 Å². The summed E-state index contributed by atoms with van der Waals surface area (Å²) in [5, 5.41) is 26.4. The van der Waals surface area contributed by atoms with Crippen LogP contribution in [0, 0.1) is 5.92 Å². The number of rotatable bonds is 4. The number of hydrogen-bond donors (Lipinski definition) is 3. The van der Waals surface area contributed by atoms with Gasteiger partial charge in [0.25, 0.3) is 0 Å². The Morgan fingerprint density at radius 2 is 1.87 bits per heavy atom. The first-order valence-electron chi connectivity index (χ1n) is 4.68. The average molecular weight is 208 g/mol. The quantitative estimate of drug-likeness (QED) is 0.590. The maximum absolute atomic E-state index is 10.6. The van der Waals surface area contributed by atoms with Crippen LogP contribution in [0.3, 0.4) is 0 Å². The SMILES string of the molecule is CC(Cc1ccc(B(O)O)cc1)C(=O)O. The molecule has 80 valence electrons. The molecule has 4 nitrogen and oxygen atoms in total. The Morgan fingerprint density at radius 1 is 1.33 bits per heavy atom. The van der Waals surface area contributed by atoms with Crippen LogP contribution in [0.1, 0.15) is 12.5 Å². The van der Waals surface area contributed by atoms with Gasteiger partial charge >= 0.3 is 13.1 Å². The zero-order valence-corrected chi connectivity index (χ0v) is 8.42. The summed E-state index contributed by atoms with van der Waals surface area (Å²) in [7, 11) is -1.48. The normalized spacial score (nSPS) is 12.2. The summed E-state index contributed by atoms with van der Waals surface area (Å²) in [6.07, 6.45) is 0.442. The molecule has 0 heterocycles. The molecule has 1 aromatic rings. The first kappa shape index (κ1) is 11.7. The maximum Gasteiger partial charge on any atom is 0.488 e. The predicted octanol–water partition coefficient (Wildman–Crippen LogP) is -0.370. The topological polar surface area (TPSA) is 77.8 Å². The van der Waals surface area contributed by atoms with E-state index in [1.807, 2.05) is 0 Å². The highest BCUT2D eigenvalue weighted by Gasteiger charge is 2.13. The van der Waals surface area contributed by atoms with E-state index in [9.17, 15) is 4.79 Å². The van der Waals surface area contributed by atoms with Crippen molar-refractivity contribution in [2.75, 3.05) is 0 Å². The fraction of sp³-hybridized carbons (Fsp3) is 0.300. The molecule has 1 rings (SSSR count). The maximum atomic E-state index is 10.6.